The summed E-state index contributed by atoms with van der Waals surface area (Å²) in [5.41, 5.74) is 24.6. The minimum Gasteiger partial charge on any atom is -0.310 e. The summed E-state index contributed by atoms with van der Waals surface area (Å²) in [5.74, 6) is 0.306. The molecule has 1 unspecified atom stereocenters. The Morgan fingerprint density at radius 3 is 1.70 bits per heavy atom. The molecule has 260 valence electrons. The number of nitrogens with zero attached hydrogens (tertiary/aromatic N) is 1. The Bertz CT molecular complexity index is 2670. The maximum atomic E-state index is 2.48. The van der Waals surface area contributed by atoms with Crippen molar-refractivity contribution in [2.45, 2.75) is 57.3 Å². The Kier molecular flexibility index (Phi) is 6.61. The van der Waals surface area contributed by atoms with Gasteiger partial charge in [-0.05, 0) is 122 Å². The first-order chi connectivity index (χ1) is 26.3. The van der Waals surface area contributed by atoms with E-state index in [1.54, 1.807) is 0 Å². The molecule has 1 aliphatic heterocycles. The lowest BCUT2D eigenvalue weighted by Gasteiger charge is -2.42. The van der Waals surface area contributed by atoms with Gasteiger partial charge in [0.1, 0.15) is 0 Å². The smallest absolute Gasteiger partial charge is 0.0502 e. The molecule has 0 saturated carbocycles. The molecule has 0 radical (unpaired) electrons. The third-order valence-electron chi connectivity index (χ3n) is 13.3. The molecule has 1 heterocycles. The number of benzene rings is 7. The highest BCUT2D eigenvalue weighted by molar-refractivity contribution is 5.90. The van der Waals surface area contributed by atoms with Gasteiger partial charge in [-0.25, -0.2) is 0 Å². The summed E-state index contributed by atoms with van der Waals surface area (Å²) >= 11 is 0. The van der Waals surface area contributed by atoms with Crippen molar-refractivity contribution in [3.63, 3.8) is 0 Å². The van der Waals surface area contributed by atoms with Gasteiger partial charge in [0.25, 0.3) is 0 Å². The second-order valence-electron chi connectivity index (χ2n) is 16.7. The number of para-hydroxylation sites is 2. The number of hydrogen-bond donors (Lipinski definition) is 0. The number of rotatable bonds is 3. The fraction of sp³-hybridized carbons (Fsp3) is 0.170. The number of aryl methyl sites for hydroxylation is 1. The Morgan fingerprint density at radius 1 is 0.519 bits per heavy atom. The lowest BCUT2D eigenvalue weighted by molar-refractivity contribution is 0.563. The Morgan fingerprint density at radius 2 is 1.04 bits per heavy atom. The third-order valence-corrected chi connectivity index (χ3v) is 13.3. The fourth-order valence-electron chi connectivity index (χ4n) is 10.6. The molecule has 1 spiro atoms. The molecule has 54 heavy (non-hydrogen) atoms. The highest BCUT2D eigenvalue weighted by Crippen LogP contribution is 2.56. The largest absolute Gasteiger partial charge is 0.310 e. The number of anilines is 3. The Labute approximate surface area is 319 Å². The van der Waals surface area contributed by atoms with Crippen molar-refractivity contribution in [2.24, 2.45) is 0 Å². The molecule has 3 aliphatic carbocycles. The first kappa shape index (κ1) is 31.6. The third kappa shape index (κ3) is 4.39. The van der Waals surface area contributed by atoms with E-state index in [1.807, 2.05) is 0 Å². The van der Waals surface area contributed by atoms with Crippen LogP contribution in [0.4, 0.5) is 17.1 Å². The van der Waals surface area contributed by atoms with E-state index in [0.717, 1.165) is 12.8 Å². The molecule has 11 rings (SSSR count). The first-order valence-corrected chi connectivity index (χ1v) is 19.6. The van der Waals surface area contributed by atoms with Gasteiger partial charge in [0.15, 0.2) is 0 Å². The average Bonchev–Trinajstić information content (AvgIpc) is 3.81. The Hall–Kier alpha value is -5.92. The molecule has 0 saturated heterocycles. The molecule has 1 atom stereocenters. The SMILES string of the molecule is Cc1ccc2c(c1)C1(Cc3ccccc3C1)c1cc(/C=C/c3ccc4c(c3)C(C)c3cc(N5c6ccccc6C(C)(C)c6ccccc65)ccc3-4)ccc1-2. The summed E-state index contributed by atoms with van der Waals surface area (Å²) in [6, 6.07) is 55.4. The van der Waals surface area contributed by atoms with Crippen LogP contribution in [0.15, 0.2) is 146 Å². The van der Waals surface area contributed by atoms with Gasteiger partial charge in [-0.3, -0.25) is 0 Å². The van der Waals surface area contributed by atoms with Crippen LogP contribution in [-0.2, 0) is 23.7 Å². The molecule has 0 N–H and O–H groups in total. The minimum absolute atomic E-state index is 0.00636. The van der Waals surface area contributed by atoms with E-state index in [4.69, 9.17) is 0 Å². The van der Waals surface area contributed by atoms with Gasteiger partial charge in [0.2, 0.25) is 0 Å². The van der Waals surface area contributed by atoms with Crippen molar-refractivity contribution in [1.82, 2.24) is 0 Å². The monoisotopic (exact) mass is 693 g/mol. The van der Waals surface area contributed by atoms with Gasteiger partial charge < -0.3 is 4.90 Å². The van der Waals surface area contributed by atoms with E-state index in [9.17, 15) is 0 Å². The van der Waals surface area contributed by atoms with Crippen molar-refractivity contribution in [2.75, 3.05) is 4.90 Å². The Balaban J connectivity index is 0.924. The van der Waals surface area contributed by atoms with Crippen LogP contribution in [0, 0.1) is 6.92 Å². The molecular weight excluding hydrogens is 651 g/mol. The average molecular weight is 694 g/mol. The second-order valence-corrected chi connectivity index (χ2v) is 16.7. The van der Waals surface area contributed by atoms with Gasteiger partial charge in [-0.1, -0.05) is 160 Å². The summed E-state index contributed by atoms with van der Waals surface area (Å²) in [6.07, 6.45) is 6.78. The van der Waals surface area contributed by atoms with E-state index >= 15 is 0 Å². The molecule has 1 nitrogen and oxygen atoms in total. The lowest BCUT2D eigenvalue weighted by atomic mass is 9.73. The van der Waals surface area contributed by atoms with Gasteiger partial charge in [-0.15, -0.1) is 0 Å². The standard InChI is InChI=1S/C53H43N/c1-33-17-23-42-43-25-21-36(29-49(43)53(48(42)27-33)31-37-11-5-6-12-38(37)32-53)19-18-35-20-24-40-41-26-22-39(30-45(41)34(2)44(40)28-35)54-50-15-9-7-13-46(50)52(3,4)47-14-8-10-16-51(47)54/h5-30,34H,31-32H2,1-4H3/b19-18+. The number of fused-ring (bicyclic) bond motifs is 11. The van der Waals surface area contributed by atoms with Gasteiger partial charge in [0.05, 0.1) is 11.4 Å². The van der Waals surface area contributed by atoms with Crippen LogP contribution in [0.5, 0.6) is 0 Å². The van der Waals surface area contributed by atoms with Crippen LogP contribution < -0.4 is 4.90 Å². The molecule has 4 aliphatic rings. The molecular formula is C53H43N. The molecule has 0 bridgehead atoms. The van der Waals surface area contributed by atoms with Gasteiger partial charge in [-0.2, -0.15) is 0 Å². The predicted octanol–water partition coefficient (Wildman–Crippen LogP) is 13.5. The fourth-order valence-corrected chi connectivity index (χ4v) is 10.6. The van der Waals surface area contributed by atoms with Gasteiger partial charge >= 0.3 is 0 Å². The van der Waals surface area contributed by atoms with Crippen molar-refractivity contribution in [1.29, 1.82) is 0 Å². The summed E-state index contributed by atoms with van der Waals surface area (Å²) in [5, 5.41) is 0. The quantitative estimate of drug-likeness (QED) is 0.167. The molecule has 0 amide bonds. The van der Waals surface area contributed by atoms with Crippen LogP contribution in [-0.4, -0.2) is 0 Å². The molecule has 0 fully saturated rings. The van der Waals surface area contributed by atoms with Gasteiger partial charge in [0, 0.05) is 22.4 Å². The normalized spacial score (nSPS) is 17.5. The van der Waals surface area contributed by atoms with Crippen molar-refractivity contribution < 1.29 is 0 Å². The van der Waals surface area contributed by atoms with Crippen LogP contribution in [0.3, 0.4) is 0 Å². The first-order valence-electron chi connectivity index (χ1n) is 19.6. The summed E-state index contributed by atoms with van der Waals surface area (Å²) < 4.78 is 0. The van der Waals surface area contributed by atoms with E-state index in [-0.39, 0.29) is 10.8 Å². The molecule has 7 aromatic carbocycles. The maximum absolute atomic E-state index is 2.48. The molecule has 1 heteroatoms. The topological polar surface area (TPSA) is 3.24 Å². The molecule has 7 aromatic rings. The van der Waals surface area contributed by atoms with E-state index in [0.29, 0.717) is 5.92 Å². The highest BCUT2D eigenvalue weighted by atomic mass is 15.2. The lowest BCUT2D eigenvalue weighted by Crippen LogP contribution is -2.30. The van der Waals surface area contributed by atoms with Crippen LogP contribution >= 0.6 is 0 Å². The second kappa shape index (κ2) is 11.3. The zero-order valence-electron chi connectivity index (χ0n) is 31.4. The van der Waals surface area contributed by atoms with Crippen molar-refractivity contribution in [3.8, 4) is 22.3 Å². The van der Waals surface area contributed by atoms with E-state index < -0.39 is 0 Å². The van der Waals surface area contributed by atoms with Crippen LogP contribution in [0.1, 0.15) is 87.9 Å². The number of hydrogen-bond acceptors (Lipinski definition) is 1. The minimum atomic E-state index is -0.0679. The van der Waals surface area contributed by atoms with Crippen LogP contribution in [0.25, 0.3) is 34.4 Å². The van der Waals surface area contributed by atoms with E-state index in [2.05, 4.69) is 190 Å². The van der Waals surface area contributed by atoms with Crippen molar-refractivity contribution in [3.05, 3.63) is 207 Å². The van der Waals surface area contributed by atoms with Crippen LogP contribution in [0.2, 0.25) is 0 Å². The van der Waals surface area contributed by atoms with Crippen molar-refractivity contribution >= 4 is 29.2 Å². The zero-order valence-corrected chi connectivity index (χ0v) is 31.4. The summed E-state index contributed by atoms with van der Waals surface area (Å²) in [4.78, 5) is 2.48. The maximum Gasteiger partial charge on any atom is 0.0502 e. The highest BCUT2D eigenvalue weighted by Gasteiger charge is 2.47. The molecule has 0 aromatic heterocycles. The summed E-state index contributed by atoms with van der Waals surface area (Å²) in [7, 11) is 0. The van der Waals surface area contributed by atoms with E-state index in [1.165, 1.54) is 101 Å². The zero-order chi connectivity index (χ0) is 36.3. The summed E-state index contributed by atoms with van der Waals surface area (Å²) in [6.45, 7) is 9.31. The predicted molar refractivity (Wildman–Crippen MR) is 226 cm³/mol.